The van der Waals surface area contributed by atoms with Crippen molar-refractivity contribution in [2.75, 3.05) is 0 Å². The zero-order chi connectivity index (χ0) is 13.8. The minimum absolute atomic E-state index is 0.564. The third kappa shape index (κ3) is 4.75. The first-order chi connectivity index (χ1) is 8.29. The van der Waals surface area contributed by atoms with Gasteiger partial charge >= 0.3 is 6.18 Å². The topological polar surface area (TPSA) is 55.1 Å². The molecule has 0 saturated heterocycles. The molecule has 0 aliphatic heterocycles. The highest BCUT2D eigenvalue weighted by molar-refractivity contribution is 5.83. The standard InChI is InChI=1S/C12H15F3N2O/c1-8(7-12(13,14)15)17-11(18)10(16)9-5-3-2-4-6-9/h2-6,8,10H,7,16H2,1H3,(H,17,18)/t8?,10-/m0/s1. The van der Waals surface area contributed by atoms with Gasteiger partial charge in [-0.2, -0.15) is 13.2 Å². The van der Waals surface area contributed by atoms with Gasteiger partial charge in [0.05, 0.1) is 6.42 Å². The van der Waals surface area contributed by atoms with E-state index in [0.717, 1.165) is 0 Å². The van der Waals surface area contributed by atoms with Crippen LogP contribution in [-0.4, -0.2) is 18.1 Å². The van der Waals surface area contributed by atoms with Crippen molar-refractivity contribution in [2.24, 2.45) is 5.73 Å². The van der Waals surface area contributed by atoms with E-state index in [1.165, 1.54) is 6.92 Å². The third-order valence-electron chi connectivity index (χ3n) is 2.37. The predicted molar refractivity (Wildman–Crippen MR) is 61.6 cm³/mol. The van der Waals surface area contributed by atoms with Crippen LogP contribution < -0.4 is 11.1 Å². The summed E-state index contributed by atoms with van der Waals surface area (Å²) in [6, 6.07) is 6.54. The number of amides is 1. The van der Waals surface area contributed by atoms with E-state index >= 15 is 0 Å². The molecule has 0 bridgehead atoms. The molecule has 1 unspecified atom stereocenters. The zero-order valence-electron chi connectivity index (χ0n) is 9.87. The fourth-order valence-corrected chi connectivity index (χ4v) is 1.54. The van der Waals surface area contributed by atoms with Crippen LogP contribution in [-0.2, 0) is 4.79 Å². The van der Waals surface area contributed by atoms with Gasteiger partial charge in [-0.25, -0.2) is 0 Å². The Morgan fingerprint density at radius 3 is 2.39 bits per heavy atom. The molecule has 1 rings (SSSR count). The van der Waals surface area contributed by atoms with Crippen molar-refractivity contribution in [3.05, 3.63) is 35.9 Å². The summed E-state index contributed by atoms with van der Waals surface area (Å²) in [5.74, 6) is -0.613. The number of nitrogens with one attached hydrogen (secondary N) is 1. The second kappa shape index (κ2) is 5.86. The van der Waals surface area contributed by atoms with Gasteiger partial charge in [0.2, 0.25) is 5.91 Å². The number of carbonyl (C=O) groups excluding carboxylic acids is 1. The van der Waals surface area contributed by atoms with Gasteiger partial charge in [0.15, 0.2) is 0 Å². The van der Waals surface area contributed by atoms with Crippen molar-refractivity contribution < 1.29 is 18.0 Å². The molecular weight excluding hydrogens is 245 g/mol. The zero-order valence-corrected chi connectivity index (χ0v) is 9.87. The van der Waals surface area contributed by atoms with E-state index < -0.39 is 30.6 Å². The molecule has 0 aliphatic rings. The summed E-state index contributed by atoms with van der Waals surface area (Å²) in [6.07, 6.45) is -5.37. The van der Waals surface area contributed by atoms with Crippen LogP contribution in [0.3, 0.4) is 0 Å². The molecule has 0 saturated carbocycles. The van der Waals surface area contributed by atoms with Crippen LogP contribution in [0.25, 0.3) is 0 Å². The van der Waals surface area contributed by atoms with Crippen LogP contribution >= 0.6 is 0 Å². The number of benzene rings is 1. The van der Waals surface area contributed by atoms with Gasteiger partial charge in [0, 0.05) is 6.04 Å². The van der Waals surface area contributed by atoms with E-state index in [4.69, 9.17) is 5.73 Å². The molecule has 3 nitrogen and oxygen atoms in total. The summed E-state index contributed by atoms with van der Waals surface area (Å²) in [7, 11) is 0. The fourth-order valence-electron chi connectivity index (χ4n) is 1.54. The lowest BCUT2D eigenvalue weighted by molar-refractivity contribution is -0.141. The number of hydrogen-bond acceptors (Lipinski definition) is 2. The lowest BCUT2D eigenvalue weighted by Crippen LogP contribution is -2.41. The summed E-state index contributed by atoms with van der Waals surface area (Å²) in [4.78, 5) is 11.6. The first kappa shape index (κ1) is 14.5. The molecule has 18 heavy (non-hydrogen) atoms. The van der Waals surface area contributed by atoms with Gasteiger partial charge in [0.25, 0.3) is 0 Å². The molecule has 0 spiro atoms. The molecule has 100 valence electrons. The highest BCUT2D eigenvalue weighted by Gasteiger charge is 2.31. The Balaban J connectivity index is 2.56. The molecule has 0 heterocycles. The van der Waals surface area contributed by atoms with Crippen molar-refractivity contribution in [2.45, 2.75) is 31.6 Å². The highest BCUT2D eigenvalue weighted by Crippen LogP contribution is 2.21. The van der Waals surface area contributed by atoms with Crippen molar-refractivity contribution in [1.82, 2.24) is 5.32 Å². The van der Waals surface area contributed by atoms with Gasteiger partial charge in [-0.15, -0.1) is 0 Å². The maximum atomic E-state index is 12.1. The Labute approximate surface area is 103 Å². The summed E-state index contributed by atoms with van der Waals surface area (Å²) in [5.41, 5.74) is 6.22. The summed E-state index contributed by atoms with van der Waals surface area (Å²) in [6.45, 7) is 1.29. The average molecular weight is 260 g/mol. The van der Waals surface area contributed by atoms with Gasteiger partial charge in [0.1, 0.15) is 6.04 Å². The predicted octanol–water partition coefficient (Wildman–Crippen LogP) is 2.14. The minimum Gasteiger partial charge on any atom is -0.352 e. The Morgan fingerprint density at radius 1 is 1.33 bits per heavy atom. The summed E-state index contributed by atoms with van der Waals surface area (Å²) >= 11 is 0. The first-order valence-electron chi connectivity index (χ1n) is 5.47. The molecule has 0 radical (unpaired) electrons. The Hall–Kier alpha value is -1.56. The molecule has 6 heteroatoms. The molecule has 1 aromatic carbocycles. The number of halogens is 3. The molecule has 0 aromatic heterocycles. The largest absolute Gasteiger partial charge is 0.391 e. The molecule has 0 aliphatic carbocycles. The highest BCUT2D eigenvalue weighted by atomic mass is 19.4. The Morgan fingerprint density at radius 2 is 1.89 bits per heavy atom. The second-order valence-electron chi connectivity index (χ2n) is 4.12. The Kier molecular flexibility index (Phi) is 4.72. The van der Waals surface area contributed by atoms with Crippen molar-refractivity contribution in [1.29, 1.82) is 0 Å². The second-order valence-corrected chi connectivity index (χ2v) is 4.12. The first-order valence-corrected chi connectivity index (χ1v) is 5.47. The molecule has 1 aromatic rings. The fraction of sp³-hybridized carbons (Fsp3) is 0.417. The number of alkyl halides is 3. The number of hydrogen-bond donors (Lipinski definition) is 2. The van der Waals surface area contributed by atoms with Crippen molar-refractivity contribution >= 4 is 5.91 Å². The van der Waals surface area contributed by atoms with Gasteiger partial charge in [-0.1, -0.05) is 30.3 Å². The monoisotopic (exact) mass is 260 g/mol. The lowest BCUT2D eigenvalue weighted by Gasteiger charge is -2.18. The number of rotatable bonds is 4. The molecule has 2 atom stereocenters. The number of nitrogens with two attached hydrogens (primary N) is 1. The molecule has 1 amide bonds. The van der Waals surface area contributed by atoms with Gasteiger partial charge < -0.3 is 11.1 Å². The third-order valence-corrected chi connectivity index (χ3v) is 2.37. The molecular formula is C12H15F3N2O. The van der Waals surface area contributed by atoms with Crippen LogP contribution in [0.1, 0.15) is 24.9 Å². The van der Waals surface area contributed by atoms with Crippen LogP contribution in [0.5, 0.6) is 0 Å². The SMILES string of the molecule is CC(CC(F)(F)F)NC(=O)[C@@H](N)c1ccccc1. The van der Waals surface area contributed by atoms with Crippen LogP contribution in [0.15, 0.2) is 30.3 Å². The normalized spacial score (nSPS) is 14.9. The van der Waals surface area contributed by atoms with E-state index in [9.17, 15) is 18.0 Å². The number of carbonyl (C=O) groups is 1. The Bertz CT molecular complexity index is 392. The van der Waals surface area contributed by atoms with Crippen LogP contribution in [0, 0.1) is 0 Å². The van der Waals surface area contributed by atoms with E-state index in [0.29, 0.717) is 5.56 Å². The maximum Gasteiger partial charge on any atom is 0.391 e. The minimum atomic E-state index is -4.30. The smallest absolute Gasteiger partial charge is 0.352 e. The van der Waals surface area contributed by atoms with E-state index in [1.54, 1.807) is 30.3 Å². The van der Waals surface area contributed by atoms with Crippen molar-refractivity contribution in [3.63, 3.8) is 0 Å². The van der Waals surface area contributed by atoms with Crippen LogP contribution in [0.4, 0.5) is 13.2 Å². The van der Waals surface area contributed by atoms with Gasteiger partial charge in [-0.3, -0.25) is 4.79 Å². The van der Waals surface area contributed by atoms with Gasteiger partial charge in [-0.05, 0) is 12.5 Å². The van der Waals surface area contributed by atoms with E-state index in [2.05, 4.69) is 5.32 Å². The summed E-state index contributed by atoms with van der Waals surface area (Å²) < 4.78 is 36.3. The van der Waals surface area contributed by atoms with Crippen molar-refractivity contribution in [3.8, 4) is 0 Å². The quantitative estimate of drug-likeness (QED) is 0.871. The molecule has 0 fully saturated rings. The molecule has 3 N–H and O–H groups in total. The maximum absolute atomic E-state index is 12.1. The van der Waals surface area contributed by atoms with E-state index in [-0.39, 0.29) is 0 Å². The lowest BCUT2D eigenvalue weighted by atomic mass is 10.1. The van der Waals surface area contributed by atoms with Crippen LogP contribution in [0.2, 0.25) is 0 Å². The van der Waals surface area contributed by atoms with E-state index in [1.807, 2.05) is 0 Å². The summed E-state index contributed by atoms with van der Waals surface area (Å²) in [5, 5.41) is 2.25. The average Bonchev–Trinajstić information content (AvgIpc) is 2.26.